The number of thioether (sulfide) groups is 1. The van der Waals surface area contributed by atoms with Gasteiger partial charge in [0.2, 0.25) is 5.91 Å². The van der Waals surface area contributed by atoms with Crippen LogP contribution in [0.25, 0.3) is 16.9 Å². The van der Waals surface area contributed by atoms with Crippen LogP contribution in [0.3, 0.4) is 0 Å². The summed E-state index contributed by atoms with van der Waals surface area (Å²) in [6.07, 6.45) is 2.31. The van der Waals surface area contributed by atoms with Crippen LogP contribution in [0.5, 0.6) is 0 Å². The van der Waals surface area contributed by atoms with E-state index in [1.165, 1.54) is 11.8 Å². The highest BCUT2D eigenvalue weighted by molar-refractivity contribution is 7.99. The summed E-state index contributed by atoms with van der Waals surface area (Å²) < 4.78 is 25.8. The number of amides is 1. The molecule has 0 radical (unpaired) electrons. The second-order valence-electron chi connectivity index (χ2n) is 8.08. The van der Waals surface area contributed by atoms with Crippen molar-refractivity contribution in [3.8, 4) is 16.9 Å². The molecule has 33 heavy (non-hydrogen) atoms. The molecule has 9 heteroatoms. The van der Waals surface area contributed by atoms with Crippen molar-refractivity contribution < 1.29 is 13.2 Å². The number of hydrogen-bond donors (Lipinski definition) is 0. The van der Waals surface area contributed by atoms with Crippen LogP contribution >= 0.6 is 23.4 Å². The van der Waals surface area contributed by atoms with Gasteiger partial charge in [-0.3, -0.25) is 9.36 Å². The number of carbonyl (C=O) groups excluding carboxylic acids is 1. The van der Waals surface area contributed by atoms with Crippen molar-refractivity contribution in [3.05, 3.63) is 65.3 Å². The number of para-hydroxylation sites is 1. The molecule has 0 aliphatic carbocycles. The molecule has 0 N–H and O–H groups in total. The minimum atomic E-state index is -3.06. The highest BCUT2D eigenvalue weighted by atomic mass is 35.5. The molecule has 1 aliphatic heterocycles. The normalized spacial score (nSPS) is 17.2. The van der Waals surface area contributed by atoms with E-state index in [4.69, 9.17) is 11.6 Å². The van der Waals surface area contributed by atoms with Crippen molar-refractivity contribution in [2.45, 2.75) is 31.5 Å². The highest BCUT2D eigenvalue weighted by Crippen LogP contribution is 2.32. The van der Waals surface area contributed by atoms with Crippen LogP contribution in [0.4, 0.5) is 0 Å². The number of hydrogen-bond acceptors (Lipinski definition) is 5. The van der Waals surface area contributed by atoms with E-state index in [1.807, 2.05) is 68.6 Å². The van der Waals surface area contributed by atoms with Gasteiger partial charge in [-0.25, -0.2) is 13.4 Å². The topological polar surface area (TPSA) is 72.3 Å². The molecule has 1 unspecified atom stereocenters. The third-order valence-corrected chi connectivity index (χ3v) is 8.80. The van der Waals surface area contributed by atoms with Gasteiger partial charge in [-0.05, 0) is 44.0 Å². The van der Waals surface area contributed by atoms with E-state index in [0.29, 0.717) is 23.1 Å². The molecule has 1 aliphatic rings. The largest absolute Gasteiger partial charge is 0.338 e. The average molecular weight is 504 g/mol. The van der Waals surface area contributed by atoms with E-state index < -0.39 is 9.84 Å². The molecule has 3 aromatic rings. The zero-order chi connectivity index (χ0) is 23.6. The zero-order valence-corrected chi connectivity index (χ0v) is 21.0. The van der Waals surface area contributed by atoms with Crippen LogP contribution < -0.4 is 0 Å². The van der Waals surface area contributed by atoms with Gasteiger partial charge in [-0.15, -0.1) is 0 Å². The Hall–Kier alpha value is -2.29. The van der Waals surface area contributed by atoms with Crippen LogP contribution in [0.1, 0.15) is 18.9 Å². The fraction of sp³-hybridized carbons (Fsp3) is 0.333. The second kappa shape index (κ2) is 9.91. The maximum absolute atomic E-state index is 13.0. The molecule has 0 spiro atoms. The summed E-state index contributed by atoms with van der Waals surface area (Å²) in [7, 11) is -3.06. The summed E-state index contributed by atoms with van der Waals surface area (Å²) in [5.74, 6) is 0.317. The van der Waals surface area contributed by atoms with Gasteiger partial charge in [0, 0.05) is 23.2 Å². The maximum atomic E-state index is 13.0. The van der Waals surface area contributed by atoms with E-state index in [-0.39, 0.29) is 29.2 Å². The van der Waals surface area contributed by atoms with Crippen LogP contribution in [-0.4, -0.2) is 58.6 Å². The molecule has 6 nitrogen and oxygen atoms in total. The number of sulfone groups is 1. The van der Waals surface area contributed by atoms with Gasteiger partial charge in [0.05, 0.1) is 34.8 Å². The van der Waals surface area contributed by atoms with Crippen LogP contribution in [-0.2, 0) is 14.6 Å². The van der Waals surface area contributed by atoms with E-state index in [2.05, 4.69) is 9.55 Å². The van der Waals surface area contributed by atoms with Gasteiger partial charge in [-0.2, -0.15) is 0 Å². The van der Waals surface area contributed by atoms with Gasteiger partial charge >= 0.3 is 0 Å². The molecule has 0 bridgehead atoms. The first-order valence-electron chi connectivity index (χ1n) is 10.8. The van der Waals surface area contributed by atoms with Gasteiger partial charge in [0.15, 0.2) is 15.0 Å². The average Bonchev–Trinajstić information content (AvgIpc) is 3.36. The first kappa shape index (κ1) is 23.9. The number of aromatic nitrogens is 2. The number of imidazole rings is 1. The molecular weight excluding hydrogens is 478 g/mol. The lowest BCUT2D eigenvalue weighted by Gasteiger charge is -2.26. The molecule has 1 saturated heterocycles. The van der Waals surface area contributed by atoms with Crippen molar-refractivity contribution in [1.29, 1.82) is 0 Å². The molecular formula is C24H26ClN3O3S2. The Labute approximate surface area is 203 Å². The zero-order valence-electron chi connectivity index (χ0n) is 18.6. The molecule has 1 fully saturated rings. The first-order chi connectivity index (χ1) is 15.8. The minimum Gasteiger partial charge on any atom is -0.338 e. The molecule has 2 heterocycles. The predicted molar refractivity (Wildman–Crippen MR) is 134 cm³/mol. The van der Waals surface area contributed by atoms with E-state index in [9.17, 15) is 13.2 Å². The summed E-state index contributed by atoms with van der Waals surface area (Å²) in [4.78, 5) is 19.4. The lowest BCUT2D eigenvalue weighted by Crippen LogP contribution is -2.42. The molecule has 174 valence electrons. The Morgan fingerprint density at radius 2 is 1.94 bits per heavy atom. The minimum absolute atomic E-state index is 0.0514. The molecule has 4 rings (SSSR count). The Balaban J connectivity index is 1.62. The van der Waals surface area contributed by atoms with Gasteiger partial charge < -0.3 is 4.90 Å². The summed E-state index contributed by atoms with van der Waals surface area (Å²) in [5.41, 5.74) is 3.96. The quantitative estimate of drug-likeness (QED) is 0.439. The standard InChI is InChI=1S/C24H26ClN3O3S2/c1-3-27(20-12-13-33(30,31)16-20)23(29)15-32-24-26-14-22(18-8-10-19(25)11-9-18)28(24)21-7-5-4-6-17(21)2/h4-11,14,20H,3,12-13,15-16H2,1-2H3. The van der Waals surface area contributed by atoms with Crippen LogP contribution in [0, 0.1) is 6.92 Å². The number of nitrogens with zero attached hydrogens (tertiary/aromatic N) is 3. The van der Waals surface area contributed by atoms with Gasteiger partial charge in [0.25, 0.3) is 0 Å². The van der Waals surface area contributed by atoms with E-state index in [1.54, 1.807) is 4.90 Å². The molecule has 0 saturated carbocycles. The Morgan fingerprint density at radius 3 is 2.58 bits per heavy atom. The maximum Gasteiger partial charge on any atom is 0.233 e. The lowest BCUT2D eigenvalue weighted by molar-refractivity contribution is -0.129. The number of carbonyl (C=O) groups is 1. The highest BCUT2D eigenvalue weighted by Gasteiger charge is 2.34. The third-order valence-electron chi connectivity index (χ3n) is 5.86. The Bertz CT molecular complexity index is 1260. The van der Waals surface area contributed by atoms with E-state index in [0.717, 1.165) is 22.5 Å². The third kappa shape index (κ3) is 5.28. The van der Waals surface area contributed by atoms with Gasteiger partial charge in [0.1, 0.15) is 0 Å². The van der Waals surface area contributed by atoms with E-state index >= 15 is 0 Å². The number of rotatable bonds is 7. The Kier molecular flexibility index (Phi) is 7.16. The predicted octanol–water partition coefficient (Wildman–Crippen LogP) is 4.63. The number of aryl methyl sites for hydroxylation is 1. The van der Waals surface area contributed by atoms with Crippen molar-refractivity contribution in [1.82, 2.24) is 14.5 Å². The number of halogens is 1. The van der Waals surface area contributed by atoms with Crippen molar-refractivity contribution in [2.75, 3.05) is 23.8 Å². The Morgan fingerprint density at radius 1 is 1.21 bits per heavy atom. The molecule has 1 amide bonds. The summed E-state index contributed by atoms with van der Waals surface area (Å²) >= 11 is 7.44. The van der Waals surface area contributed by atoms with Gasteiger partial charge in [-0.1, -0.05) is 53.7 Å². The number of benzene rings is 2. The lowest BCUT2D eigenvalue weighted by atomic mass is 10.1. The fourth-order valence-electron chi connectivity index (χ4n) is 4.18. The smallest absolute Gasteiger partial charge is 0.233 e. The summed E-state index contributed by atoms with van der Waals surface area (Å²) in [6, 6.07) is 15.4. The van der Waals surface area contributed by atoms with Crippen LogP contribution in [0.15, 0.2) is 59.9 Å². The van der Waals surface area contributed by atoms with Crippen molar-refractivity contribution in [2.24, 2.45) is 0 Å². The SMILES string of the molecule is CCN(C(=O)CSc1ncc(-c2ccc(Cl)cc2)n1-c1ccccc1C)C1CCS(=O)(=O)C1. The summed E-state index contributed by atoms with van der Waals surface area (Å²) in [6.45, 7) is 4.42. The molecule has 1 aromatic heterocycles. The summed E-state index contributed by atoms with van der Waals surface area (Å²) in [5, 5.41) is 1.37. The fourth-order valence-corrected chi connectivity index (χ4v) is 6.90. The van der Waals surface area contributed by atoms with Crippen molar-refractivity contribution >= 4 is 39.1 Å². The molecule has 2 aromatic carbocycles. The van der Waals surface area contributed by atoms with Crippen LogP contribution in [0.2, 0.25) is 5.02 Å². The second-order valence-corrected chi connectivity index (χ2v) is 11.7. The van der Waals surface area contributed by atoms with Crippen molar-refractivity contribution in [3.63, 3.8) is 0 Å². The molecule has 1 atom stereocenters. The monoisotopic (exact) mass is 503 g/mol. The first-order valence-corrected chi connectivity index (χ1v) is 14.0.